The Morgan fingerprint density at radius 3 is 2.77 bits per heavy atom. The standard InChI is InChI=1S/C16H24N4OS/c21-15(13-20-8-2-5-17-20)12-18-6-3-7-19(10-9-18)14-16-4-1-11-22-16/h1-2,4-5,8,11,15,21H,3,6-7,9-10,12-14H2/t15-/m1/s1. The van der Waals surface area contributed by atoms with Crippen LogP contribution in [0.15, 0.2) is 36.0 Å². The average Bonchev–Trinajstić information content (AvgIpc) is 3.13. The highest BCUT2D eigenvalue weighted by Gasteiger charge is 2.18. The van der Waals surface area contributed by atoms with Crippen molar-refractivity contribution in [2.45, 2.75) is 25.6 Å². The number of aliphatic hydroxyl groups excluding tert-OH is 1. The van der Waals surface area contributed by atoms with Crippen LogP contribution in [-0.2, 0) is 13.1 Å². The minimum atomic E-state index is -0.358. The van der Waals surface area contributed by atoms with Crippen LogP contribution in [-0.4, -0.2) is 63.5 Å². The lowest BCUT2D eigenvalue weighted by atomic mass is 10.3. The molecular weight excluding hydrogens is 296 g/mol. The maximum Gasteiger partial charge on any atom is 0.0862 e. The van der Waals surface area contributed by atoms with Crippen LogP contribution < -0.4 is 0 Å². The SMILES string of the molecule is O[C@H](CN1CCCN(Cc2cccs2)CC1)Cn1cccn1. The second kappa shape index (κ2) is 7.87. The molecule has 6 heteroatoms. The zero-order valence-corrected chi connectivity index (χ0v) is 13.7. The van der Waals surface area contributed by atoms with Gasteiger partial charge in [0.2, 0.25) is 0 Å². The number of hydrogen-bond acceptors (Lipinski definition) is 5. The zero-order chi connectivity index (χ0) is 15.2. The Hall–Kier alpha value is -1.21. The summed E-state index contributed by atoms with van der Waals surface area (Å²) in [6, 6.07) is 6.22. The Morgan fingerprint density at radius 2 is 2.00 bits per heavy atom. The second-order valence-electron chi connectivity index (χ2n) is 5.89. The summed E-state index contributed by atoms with van der Waals surface area (Å²) in [5.41, 5.74) is 0. The fourth-order valence-electron chi connectivity index (χ4n) is 2.97. The Bertz CT molecular complexity index is 528. The Balaban J connectivity index is 1.43. The van der Waals surface area contributed by atoms with Gasteiger partial charge in [-0.25, -0.2) is 0 Å². The van der Waals surface area contributed by atoms with E-state index in [1.54, 1.807) is 10.9 Å². The number of aliphatic hydroxyl groups is 1. The number of nitrogens with zero attached hydrogens (tertiary/aromatic N) is 4. The van der Waals surface area contributed by atoms with Crippen molar-refractivity contribution in [1.82, 2.24) is 19.6 Å². The highest BCUT2D eigenvalue weighted by Crippen LogP contribution is 2.14. The molecule has 0 unspecified atom stereocenters. The first-order valence-corrected chi connectivity index (χ1v) is 8.80. The summed E-state index contributed by atoms with van der Waals surface area (Å²) in [5.74, 6) is 0. The van der Waals surface area contributed by atoms with Gasteiger partial charge >= 0.3 is 0 Å². The number of thiophene rings is 1. The summed E-state index contributed by atoms with van der Waals surface area (Å²) in [4.78, 5) is 6.33. The van der Waals surface area contributed by atoms with Gasteiger partial charge in [0.1, 0.15) is 0 Å². The third-order valence-corrected chi connectivity index (χ3v) is 4.93. The predicted octanol–water partition coefficient (Wildman–Crippen LogP) is 1.51. The molecule has 22 heavy (non-hydrogen) atoms. The highest BCUT2D eigenvalue weighted by molar-refractivity contribution is 7.09. The predicted molar refractivity (Wildman–Crippen MR) is 88.9 cm³/mol. The first-order chi connectivity index (χ1) is 10.8. The summed E-state index contributed by atoms with van der Waals surface area (Å²) in [6.45, 7) is 6.67. The lowest BCUT2D eigenvalue weighted by Gasteiger charge is -2.23. The second-order valence-corrected chi connectivity index (χ2v) is 6.92. The van der Waals surface area contributed by atoms with Crippen LogP contribution in [0, 0.1) is 0 Å². The molecule has 0 aromatic carbocycles. The van der Waals surface area contributed by atoms with E-state index in [0.717, 1.165) is 39.3 Å². The van der Waals surface area contributed by atoms with E-state index in [1.165, 1.54) is 11.3 Å². The van der Waals surface area contributed by atoms with E-state index in [9.17, 15) is 5.11 Å². The van der Waals surface area contributed by atoms with E-state index >= 15 is 0 Å². The average molecular weight is 320 g/mol. The number of rotatable bonds is 6. The third-order valence-electron chi connectivity index (χ3n) is 4.07. The van der Waals surface area contributed by atoms with E-state index in [4.69, 9.17) is 0 Å². The summed E-state index contributed by atoms with van der Waals surface area (Å²) in [6.07, 6.45) is 4.46. The molecule has 1 fully saturated rings. The zero-order valence-electron chi connectivity index (χ0n) is 12.8. The van der Waals surface area contributed by atoms with E-state index in [2.05, 4.69) is 32.4 Å². The molecule has 0 aliphatic carbocycles. The fourth-order valence-corrected chi connectivity index (χ4v) is 3.71. The first-order valence-electron chi connectivity index (χ1n) is 7.92. The van der Waals surface area contributed by atoms with Gasteiger partial charge in [0, 0.05) is 43.4 Å². The maximum absolute atomic E-state index is 10.2. The van der Waals surface area contributed by atoms with Crippen molar-refractivity contribution in [3.05, 3.63) is 40.8 Å². The van der Waals surface area contributed by atoms with Crippen LogP contribution in [0.5, 0.6) is 0 Å². The molecule has 2 aromatic rings. The molecule has 0 amide bonds. The number of aromatic nitrogens is 2. The van der Waals surface area contributed by atoms with Crippen LogP contribution in [0.2, 0.25) is 0 Å². The molecule has 1 atom stereocenters. The maximum atomic E-state index is 10.2. The van der Waals surface area contributed by atoms with Crippen molar-refractivity contribution in [2.75, 3.05) is 32.7 Å². The minimum Gasteiger partial charge on any atom is -0.390 e. The van der Waals surface area contributed by atoms with E-state index in [1.807, 2.05) is 23.6 Å². The monoisotopic (exact) mass is 320 g/mol. The fraction of sp³-hybridized carbons (Fsp3) is 0.562. The Morgan fingerprint density at radius 1 is 1.14 bits per heavy atom. The van der Waals surface area contributed by atoms with Crippen molar-refractivity contribution in [2.24, 2.45) is 0 Å². The van der Waals surface area contributed by atoms with Gasteiger partial charge in [0.05, 0.1) is 12.6 Å². The number of β-amino-alcohol motifs (C(OH)–C–C–N with tert-alkyl or cyclic N) is 1. The lowest BCUT2D eigenvalue weighted by molar-refractivity contribution is 0.0962. The minimum absolute atomic E-state index is 0.358. The normalized spacial score (nSPS) is 19.1. The first kappa shape index (κ1) is 15.7. The molecule has 1 N–H and O–H groups in total. The van der Waals surface area contributed by atoms with E-state index < -0.39 is 0 Å². The molecule has 0 spiro atoms. The smallest absolute Gasteiger partial charge is 0.0862 e. The molecule has 120 valence electrons. The van der Waals surface area contributed by atoms with Gasteiger partial charge in [-0.05, 0) is 37.0 Å². The van der Waals surface area contributed by atoms with Crippen LogP contribution in [0.1, 0.15) is 11.3 Å². The Kier molecular flexibility index (Phi) is 5.61. The molecule has 0 saturated carbocycles. The van der Waals surface area contributed by atoms with E-state index in [-0.39, 0.29) is 6.10 Å². The molecule has 5 nitrogen and oxygen atoms in total. The molecule has 1 saturated heterocycles. The molecule has 1 aliphatic heterocycles. The molecular formula is C16H24N4OS. The van der Waals surface area contributed by atoms with Gasteiger partial charge in [0.25, 0.3) is 0 Å². The Labute approximate surface area is 135 Å². The van der Waals surface area contributed by atoms with Gasteiger partial charge in [-0.2, -0.15) is 5.10 Å². The molecule has 2 aromatic heterocycles. The summed E-state index contributed by atoms with van der Waals surface area (Å²) < 4.78 is 1.80. The highest BCUT2D eigenvalue weighted by atomic mass is 32.1. The van der Waals surface area contributed by atoms with E-state index in [0.29, 0.717) is 6.54 Å². The van der Waals surface area contributed by atoms with Crippen molar-refractivity contribution < 1.29 is 5.11 Å². The lowest BCUT2D eigenvalue weighted by Crippen LogP contribution is -2.37. The van der Waals surface area contributed by atoms with Gasteiger partial charge in [0.15, 0.2) is 0 Å². The van der Waals surface area contributed by atoms with Gasteiger partial charge in [-0.15, -0.1) is 11.3 Å². The summed E-state index contributed by atoms with van der Waals surface area (Å²) in [5, 5.41) is 16.5. The molecule has 0 radical (unpaired) electrons. The topological polar surface area (TPSA) is 44.5 Å². The van der Waals surface area contributed by atoms with Crippen LogP contribution >= 0.6 is 11.3 Å². The molecule has 3 rings (SSSR count). The van der Waals surface area contributed by atoms with Crippen molar-refractivity contribution in [1.29, 1.82) is 0 Å². The number of hydrogen-bond donors (Lipinski definition) is 1. The quantitative estimate of drug-likeness (QED) is 0.876. The summed E-state index contributed by atoms with van der Waals surface area (Å²) >= 11 is 1.83. The van der Waals surface area contributed by atoms with Crippen LogP contribution in [0.3, 0.4) is 0 Å². The van der Waals surface area contributed by atoms with Crippen LogP contribution in [0.4, 0.5) is 0 Å². The van der Waals surface area contributed by atoms with Gasteiger partial charge in [-0.3, -0.25) is 14.5 Å². The largest absolute Gasteiger partial charge is 0.390 e. The van der Waals surface area contributed by atoms with Crippen molar-refractivity contribution >= 4 is 11.3 Å². The molecule has 1 aliphatic rings. The molecule has 3 heterocycles. The third kappa shape index (κ3) is 4.64. The van der Waals surface area contributed by atoms with Crippen molar-refractivity contribution in [3.63, 3.8) is 0 Å². The van der Waals surface area contributed by atoms with Gasteiger partial charge < -0.3 is 5.11 Å². The van der Waals surface area contributed by atoms with Gasteiger partial charge in [-0.1, -0.05) is 6.07 Å². The van der Waals surface area contributed by atoms with Crippen molar-refractivity contribution in [3.8, 4) is 0 Å². The molecule has 0 bridgehead atoms. The van der Waals surface area contributed by atoms with Crippen LogP contribution in [0.25, 0.3) is 0 Å². The summed E-state index contributed by atoms with van der Waals surface area (Å²) in [7, 11) is 0.